The molecule has 3 aromatic carbocycles. The molecule has 3 aromatic rings. The first kappa shape index (κ1) is 21.3. The maximum atomic E-state index is 13.2. The van der Waals surface area contributed by atoms with E-state index in [-0.39, 0.29) is 11.3 Å². The summed E-state index contributed by atoms with van der Waals surface area (Å²) in [6.07, 6.45) is 0. The van der Waals surface area contributed by atoms with Crippen LogP contribution < -0.4 is 10.2 Å². The topological polar surface area (TPSA) is 153 Å². The number of fused-ring (bicyclic) bond motifs is 1. The number of nitrogens with zero attached hydrogens (tertiary/aromatic N) is 3. The number of nitro groups is 2. The highest BCUT2D eigenvalue weighted by atomic mass is 16.6. The second-order valence-corrected chi connectivity index (χ2v) is 7.19. The molecule has 0 saturated carbocycles. The quantitative estimate of drug-likeness (QED) is 0.268. The van der Waals surface area contributed by atoms with Crippen molar-refractivity contribution in [1.82, 2.24) is 0 Å². The monoisotopic (exact) mass is 446 g/mol. The third kappa shape index (κ3) is 3.67. The molecule has 0 aliphatic carbocycles. The third-order valence-electron chi connectivity index (χ3n) is 5.02. The summed E-state index contributed by atoms with van der Waals surface area (Å²) < 4.78 is 0. The van der Waals surface area contributed by atoms with Crippen molar-refractivity contribution in [2.24, 2.45) is 0 Å². The number of nitro benzene ring substituents is 2. The Labute approximate surface area is 185 Å². The van der Waals surface area contributed by atoms with E-state index < -0.39 is 50.1 Å². The molecule has 1 aliphatic rings. The molecule has 2 amide bonds. The molecule has 1 heterocycles. The molecule has 0 saturated heterocycles. The molecular formula is C22H14N4O7. The summed E-state index contributed by atoms with van der Waals surface area (Å²) in [5.74, 6) is -3.14. The van der Waals surface area contributed by atoms with Gasteiger partial charge in [0.2, 0.25) is 0 Å². The van der Waals surface area contributed by atoms with E-state index in [1.807, 2.05) is 0 Å². The maximum absolute atomic E-state index is 13.2. The lowest BCUT2D eigenvalue weighted by Gasteiger charge is -2.15. The van der Waals surface area contributed by atoms with E-state index in [9.17, 15) is 34.6 Å². The first-order valence-electron chi connectivity index (χ1n) is 9.51. The summed E-state index contributed by atoms with van der Waals surface area (Å²) in [6.45, 7) is 1.70. The number of anilines is 3. The lowest BCUT2D eigenvalue weighted by molar-refractivity contribution is -0.392. The van der Waals surface area contributed by atoms with Crippen molar-refractivity contribution in [3.05, 3.63) is 97.6 Å². The van der Waals surface area contributed by atoms with Gasteiger partial charge in [0.1, 0.15) is 0 Å². The minimum Gasteiger partial charge on any atom is -0.344 e. The van der Waals surface area contributed by atoms with Crippen LogP contribution in [0.4, 0.5) is 28.4 Å². The maximum Gasteiger partial charge on any atom is 0.306 e. The van der Waals surface area contributed by atoms with Crippen LogP contribution in [0.25, 0.3) is 0 Å². The van der Waals surface area contributed by atoms with Crippen LogP contribution in [-0.4, -0.2) is 27.4 Å². The highest BCUT2D eigenvalue weighted by molar-refractivity contribution is 6.57. The largest absolute Gasteiger partial charge is 0.344 e. The van der Waals surface area contributed by atoms with Crippen molar-refractivity contribution >= 4 is 46.0 Å². The van der Waals surface area contributed by atoms with Crippen molar-refractivity contribution in [1.29, 1.82) is 0 Å². The summed E-state index contributed by atoms with van der Waals surface area (Å²) in [6, 6.07) is 14.2. The van der Waals surface area contributed by atoms with Crippen LogP contribution in [0, 0.1) is 27.2 Å². The number of amides is 2. The van der Waals surface area contributed by atoms with Crippen LogP contribution in [0.5, 0.6) is 0 Å². The second kappa shape index (κ2) is 7.96. The fourth-order valence-electron chi connectivity index (χ4n) is 3.50. The molecule has 0 radical (unpaired) electrons. The van der Waals surface area contributed by atoms with E-state index in [4.69, 9.17) is 0 Å². The number of para-hydroxylation sites is 1. The van der Waals surface area contributed by atoms with Gasteiger partial charge in [-0.3, -0.25) is 34.6 Å². The molecule has 0 spiro atoms. The predicted octanol–water partition coefficient (Wildman–Crippen LogP) is 3.92. The number of nitrogens with one attached hydrogen (secondary N) is 1. The van der Waals surface area contributed by atoms with E-state index in [1.165, 1.54) is 12.1 Å². The normalized spacial score (nSPS) is 12.5. The van der Waals surface area contributed by atoms with Gasteiger partial charge in [-0.2, -0.15) is 0 Å². The van der Waals surface area contributed by atoms with Crippen molar-refractivity contribution in [3.63, 3.8) is 0 Å². The van der Waals surface area contributed by atoms with Gasteiger partial charge in [-0.25, -0.2) is 4.90 Å². The average Bonchev–Trinajstić information content (AvgIpc) is 3.03. The Morgan fingerprint density at radius 2 is 1.52 bits per heavy atom. The van der Waals surface area contributed by atoms with E-state index in [1.54, 1.807) is 43.3 Å². The van der Waals surface area contributed by atoms with Crippen LogP contribution >= 0.6 is 0 Å². The zero-order valence-electron chi connectivity index (χ0n) is 17.0. The molecule has 4 rings (SSSR count). The van der Waals surface area contributed by atoms with Crippen LogP contribution in [-0.2, 0) is 4.79 Å². The second-order valence-electron chi connectivity index (χ2n) is 7.19. The molecular weight excluding hydrogens is 432 g/mol. The van der Waals surface area contributed by atoms with Crippen LogP contribution in [0.2, 0.25) is 0 Å². The summed E-state index contributed by atoms with van der Waals surface area (Å²) >= 11 is 0. The Morgan fingerprint density at radius 1 is 0.909 bits per heavy atom. The van der Waals surface area contributed by atoms with Gasteiger partial charge < -0.3 is 5.32 Å². The van der Waals surface area contributed by atoms with Crippen molar-refractivity contribution < 1.29 is 24.2 Å². The molecule has 0 fully saturated rings. The molecule has 0 atom stereocenters. The molecule has 0 bridgehead atoms. The van der Waals surface area contributed by atoms with Crippen LogP contribution in [0.15, 0.2) is 60.7 Å². The Kier molecular flexibility index (Phi) is 5.14. The Balaban J connectivity index is 1.85. The van der Waals surface area contributed by atoms with Gasteiger partial charge in [-0.15, -0.1) is 0 Å². The molecule has 1 aliphatic heterocycles. The number of hydrogen-bond acceptors (Lipinski definition) is 8. The molecule has 0 unspecified atom stereocenters. The van der Waals surface area contributed by atoms with Crippen molar-refractivity contribution in [3.8, 4) is 0 Å². The van der Waals surface area contributed by atoms with Gasteiger partial charge in [0.05, 0.1) is 26.7 Å². The van der Waals surface area contributed by atoms with Gasteiger partial charge in [0.25, 0.3) is 11.7 Å². The van der Waals surface area contributed by atoms with E-state index in [0.717, 1.165) is 12.1 Å². The summed E-state index contributed by atoms with van der Waals surface area (Å²) in [5, 5.41) is 26.1. The molecule has 0 aromatic heterocycles. The SMILES string of the molecule is Cc1ccc2c(c1)C(=O)C(=O)N2C(=O)c1cc([N+](=O)[O-])c(Nc2ccccc2)c([N+](=O)[O-])c1. The minimum absolute atomic E-state index is 0.0115. The molecule has 11 heteroatoms. The fourth-order valence-corrected chi connectivity index (χ4v) is 3.50. The summed E-state index contributed by atoms with van der Waals surface area (Å²) in [7, 11) is 0. The van der Waals surface area contributed by atoms with Crippen molar-refractivity contribution in [2.75, 3.05) is 10.2 Å². The third-order valence-corrected chi connectivity index (χ3v) is 5.02. The number of rotatable bonds is 5. The average molecular weight is 446 g/mol. The highest BCUT2D eigenvalue weighted by Crippen LogP contribution is 2.39. The van der Waals surface area contributed by atoms with E-state index in [2.05, 4.69) is 5.32 Å². The number of carbonyl (C=O) groups excluding carboxylic acids is 3. The van der Waals surface area contributed by atoms with Crippen molar-refractivity contribution in [2.45, 2.75) is 6.92 Å². The van der Waals surface area contributed by atoms with Gasteiger partial charge >= 0.3 is 17.3 Å². The van der Waals surface area contributed by atoms with Gasteiger partial charge in [-0.05, 0) is 31.2 Å². The lowest BCUT2D eigenvalue weighted by Crippen LogP contribution is -2.36. The summed E-state index contributed by atoms with van der Waals surface area (Å²) in [4.78, 5) is 60.3. The van der Waals surface area contributed by atoms with Gasteiger partial charge in [-0.1, -0.05) is 29.8 Å². The van der Waals surface area contributed by atoms with Crippen LogP contribution in [0.1, 0.15) is 26.3 Å². The first-order valence-corrected chi connectivity index (χ1v) is 9.51. The number of aryl methyl sites for hydroxylation is 1. The highest BCUT2D eigenvalue weighted by Gasteiger charge is 2.41. The zero-order chi connectivity index (χ0) is 23.9. The number of imide groups is 1. The number of carbonyl (C=O) groups is 3. The zero-order valence-corrected chi connectivity index (χ0v) is 17.0. The Morgan fingerprint density at radius 3 is 2.09 bits per heavy atom. The standard InChI is InChI=1S/C22H14N4O7/c1-12-7-8-16-15(9-12)20(27)22(29)24(16)21(28)13-10-17(25(30)31)19(18(11-13)26(32)33)23-14-5-3-2-4-6-14/h2-11,23H,1H3. The number of ketones is 1. The molecule has 33 heavy (non-hydrogen) atoms. The molecule has 1 N–H and O–H groups in total. The molecule has 164 valence electrons. The minimum atomic E-state index is -1.14. The van der Waals surface area contributed by atoms with Gasteiger partial charge in [0, 0.05) is 17.8 Å². The van der Waals surface area contributed by atoms with E-state index >= 15 is 0 Å². The van der Waals surface area contributed by atoms with E-state index in [0.29, 0.717) is 16.2 Å². The number of hydrogen-bond donors (Lipinski definition) is 1. The molecule has 11 nitrogen and oxygen atoms in total. The lowest BCUT2D eigenvalue weighted by atomic mass is 10.1. The number of Topliss-reactive ketones (excluding diaryl/α,β-unsaturated/α-hetero) is 1. The van der Waals surface area contributed by atoms with Crippen LogP contribution in [0.3, 0.4) is 0 Å². The fraction of sp³-hybridized carbons (Fsp3) is 0.0455. The smallest absolute Gasteiger partial charge is 0.306 e. The Bertz CT molecular complexity index is 1330. The number of benzene rings is 3. The Hall–Kier alpha value is -4.93. The van der Waals surface area contributed by atoms with Gasteiger partial charge in [0.15, 0.2) is 5.69 Å². The predicted molar refractivity (Wildman–Crippen MR) is 117 cm³/mol. The summed E-state index contributed by atoms with van der Waals surface area (Å²) in [5.41, 5.74) is -1.32. The first-order chi connectivity index (χ1) is 15.7.